The highest BCUT2D eigenvalue weighted by molar-refractivity contribution is 5.73. The van der Waals surface area contributed by atoms with E-state index in [1.165, 1.54) is 12.1 Å². The first kappa shape index (κ1) is 23.3. The first-order valence-electron chi connectivity index (χ1n) is 9.31. The maximum atomic E-state index is 13.0. The fourth-order valence-electron chi connectivity index (χ4n) is 3.64. The van der Waals surface area contributed by atoms with Gasteiger partial charge in [0.05, 0.1) is 25.9 Å². The van der Waals surface area contributed by atoms with Crippen LogP contribution in [0, 0.1) is 11.7 Å². The Balaban J connectivity index is 0.000000370. The first-order chi connectivity index (χ1) is 13.7. The number of nitrogens with zero attached hydrogens (tertiary/aromatic N) is 1. The first-order valence-corrected chi connectivity index (χ1v) is 9.31. The molecule has 0 amide bonds. The fraction of sp³-hybridized carbons (Fsp3) is 0.550. The largest absolute Gasteiger partial charge is 0.490 e. The standard InChI is InChI=1S/C18H24FNO2.C2HF3O2/c1-2-10-21-13-15-5-8-17-18(15)22-11-9-20(17)12-14-3-6-16(19)7-4-14;3-2(4,5)1(6)7/h2-4,6-7,15,17-18H,1,5,8-13H2;(H,6,7). The lowest BCUT2D eigenvalue weighted by molar-refractivity contribution is -0.192. The number of rotatable bonds is 6. The van der Waals surface area contributed by atoms with E-state index in [1.54, 1.807) is 6.08 Å². The van der Waals surface area contributed by atoms with Gasteiger partial charge >= 0.3 is 12.1 Å². The van der Waals surface area contributed by atoms with Crippen LogP contribution in [0.15, 0.2) is 36.9 Å². The van der Waals surface area contributed by atoms with Crippen LogP contribution in [0.2, 0.25) is 0 Å². The predicted molar refractivity (Wildman–Crippen MR) is 97.8 cm³/mol. The number of benzene rings is 1. The van der Waals surface area contributed by atoms with Gasteiger partial charge in [0.2, 0.25) is 0 Å². The highest BCUT2D eigenvalue weighted by Crippen LogP contribution is 2.35. The zero-order valence-corrected chi connectivity index (χ0v) is 15.9. The third kappa shape index (κ3) is 7.09. The molecular weight excluding hydrogens is 394 g/mol. The van der Waals surface area contributed by atoms with E-state index in [1.807, 2.05) is 12.1 Å². The lowest BCUT2D eigenvalue weighted by Crippen LogP contribution is -2.50. The Bertz CT molecular complexity index is 665. The van der Waals surface area contributed by atoms with Gasteiger partial charge in [-0.1, -0.05) is 18.2 Å². The number of carboxylic acids is 1. The summed E-state index contributed by atoms with van der Waals surface area (Å²) in [6.07, 6.45) is -0.742. The molecule has 1 aromatic rings. The average molecular weight is 419 g/mol. The Kier molecular flexibility index (Phi) is 8.60. The van der Waals surface area contributed by atoms with E-state index < -0.39 is 12.1 Å². The molecule has 1 heterocycles. The number of halogens is 4. The van der Waals surface area contributed by atoms with E-state index in [2.05, 4.69) is 11.5 Å². The summed E-state index contributed by atoms with van der Waals surface area (Å²) < 4.78 is 56.4. The van der Waals surface area contributed by atoms with Crippen LogP contribution in [-0.2, 0) is 20.8 Å². The van der Waals surface area contributed by atoms with Crippen molar-refractivity contribution in [3.05, 3.63) is 48.3 Å². The summed E-state index contributed by atoms with van der Waals surface area (Å²) in [5, 5.41) is 7.12. The quantitative estimate of drug-likeness (QED) is 0.434. The van der Waals surface area contributed by atoms with Crippen molar-refractivity contribution >= 4 is 5.97 Å². The lowest BCUT2D eigenvalue weighted by atomic mass is 10.0. The van der Waals surface area contributed by atoms with Gasteiger partial charge in [-0.25, -0.2) is 9.18 Å². The summed E-state index contributed by atoms with van der Waals surface area (Å²) in [5.74, 6) is -2.46. The number of ether oxygens (including phenoxy) is 2. The number of hydrogen-bond donors (Lipinski definition) is 1. The molecule has 0 bridgehead atoms. The van der Waals surface area contributed by atoms with Gasteiger partial charge in [0.1, 0.15) is 5.82 Å². The Hall–Kier alpha value is -1.97. The Morgan fingerprint density at radius 2 is 1.97 bits per heavy atom. The van der Waals surface area contributed by atoms with Crippen LogP contribution < -0.4 is 0 Å². The SMILES string of the molecule is C=CCOCC1CCC2C1OCCN2Cc1ccc(F)cc1.O=C(O)C(F)(F)F. The molecule has 3 unspecified atom stereocenters. The Labute approximate surface area is 166 Å². The van der Waals surface area contributed by atoms with Crippen molar-refractivity contribution in [3.63, 3.8) is 0 Å². The number of hydrogen-bond acceptors (Lipinski definition) is 4. The maximum absolute atomic E-state index is 13.0. The molecule has 1 saturated carbocycles. The Morgan fingerprint density at radius 3 is 2.55 bits per heavy atom. The van der Waals surface area contributed by atoms with Gasteiger partial charge < -0.3 is 14.6 Å². The minimum absolute atomic E-state index is 0.177. The molecular formula is C20H25F4NO4. The minimum atomic E-state index is -5.08. The second kappa shape index (κ2) is 10.7. The van der Waals surface area contributed by atoms with Gasteiger partial charge in [0.25, 0.3) is 0 Å². The molecule has 162 valence electrons. The van der Waals surface area contributed by atoms with Crippen LogP contribution in [0.5, 0.6) is 0 Å². The average Bonchev–Trinajstić information content (AvgIpc) is 3.08. The van der Waals surface area contributed by atoms with Gasteiger partial charge in [-0.05, 0) is 30.5 Å². The molecule has 3 rings (SSSR count). The lowest BCUT2D eigenvalue weighted by Gasteiger charge is -2.39. The molecule has 0 spiro atoms. The number of aliphatic carboxylic acids is 1. The molecule has 0 radical (unpaired) electrons. The number of alkyl halides is 3. The minimum Gasteiger partial charge on any atom is -0.475 e. The van der Waals surface area contributed by atoms with Gasteiger partial charge in [0.15, 0.2) is 0 Å². The Morgan fingerprint density at radius 1 is 1.31 bits per heavy atom. The van der Waals surface area contributed by atoms with Crippen LogP contribution in [0.4, 0.5) is 17.6 Å². The second-order valence-electron chi connectivity index (χ2n) is 6.97. The van der Waals surface area contributed by atoms with E-state index in [9.17, 15) is 17.6 Å². The molecule has 5 nitrogen and oxygen atoms in total. The van der Waals surface area contributed by atoms with Crippen molar-refractivity contribution in [2.24, 2.45) is 5.92 Å². The highest BCUT2D eigenvalue weighted by atomic mass is 19.4. The van der Waals surface area contributed by atoms with Crippen molar-refractivity contribution < 1.29 is 36.9 Å². The number of carboxylic acid groups (broad SMARTS) is 1. The van der Waals surface area contributed by atoms with Crippen molar-refractivity contribution in [3.8, 4) is 0 Å². The number of carbonyl (C=O) groups is 1. The molecule has 2 fully saturated rings. The van der Waals surface area contributed by atoms with Crippen LogP contribution in [0.25, 0.3) is 0 Å². The number of fused-ring (bicyclic) bond motifs is 1. The van der Waals surface area contributed by atoms with Crippen LogP contribution >= 0.6 is 0 Å². The zero-order valence-electron chi connectivity index (χ0n) is 15.9. The van der Waals surface area contributed by atoms with Crippen molar-refractivity contribution in [1.29, 1.82) is 0 Å². The molecule has 2 aliphatic rings. The topological polar surface area (TPSA) is 59.0 Å². The third-order valence-electron chi connectivity index (χ3n) is 4.94. The normalized spacial score (nSPS) is 24.3. The summed E-state index contributed by atoms with van der Waals surface area (Å²) in [7, 11) is 0. The van der Waals surface area contributed by atoms with E-state index in [0.717, 1.165) is 44.7 Å². The van der Waals surface area contributed by atoms with Gasteiger partial charge in [-0.3, -0.25) is 4.90 Å². The van der Waals surface area contributed by atoms with Crippen LogP contribution in [0.3, 0.4) is 0 Å². The van der Waals surface area contributed by atoms with E-state index in [-0.39, 0.29) is 11.9 Å². The molecule has 0 aromatic heterocycles. The van der Waals surface area contributed by atoms with Crippen molar-refractivity contribution in [2.45, 2.75) is 37.7 Å². The van der Waals surface area contributed by atoms with E-state index in [4.69, 9.17) is 19.4 Å². The summed E-state index contributed by atoms with van der Waals surface area (Å²) >= 11 is 0. The molecule has 3 atom stereocenters. The van der Waals surface area contributed by atoms with E-state index in [0.29, 0.717) is 18.6 Å². The van der Waals surface area contributed by atoms with Gasteiger partial charge in [-0.15, -0.1) is 6.58 Å². The fourth-order valence-corrected chi connectivity index (χ4v) is 3.64. The molecule has 1 aromatic carbocycles. The van der Waals surface area contributed by atoms with E-state index >= 15 is 0 Å². The van der Waals surface area contributed by atoms with Crippen LogP contribution in [0.1, 0.15) is 18.4 Å². The summed E-state index contributed by atoms with van der Waals surface area (Å²) in [6, 6.07) is 7.27. The third-order valence-corrected chi connectivity index (χ3v) is 4.94. The van der Waals surface area contributed by atoms with Crippen molar-refractivity contribution in [1.82, 2.24) is 4.90 Å². The maximum Gasteiger partial charge on any atom is 0.490 e. The summed E-state index contributed by atoms with van der Waals surface area (Å²) in [6.45, 7) is 7.61. The zero-order chi connectivity index (χ0) is 21.4. The predicted octanol–water partition coefficient (Wildman–Crippen LogP) is 3.64. The summed E-state index contributed by atoms with van der Waals surface area (Å²) in [5.41, 5.74) is 1.16. The molecule has 1 aliphatic carbocycles. The molecule has 1 aliphatic heterocycles. The smallest absolute Gasteiger partial charge is 0.475 e. The van der Waals surface area contributed by atoms with Crippen molar-refractivity contribution in [2.75, 3.05) is 26.4 Å². The second-order valence-corrected chi connectivity index (χ2v) is 6.97. The molecule has 1 saturated heterocycles. The molecule has 9 heteroatoms. The molecule has 29 heavy (non-hydrogen) atoms. The van der Waals surface area contributed by atoms with Gasteiger partial charge in [-0.2, -0.15) is 13.2 Å². The van der Waals surface area contributed by atoms with Crippen LogP contribution in [-0.4, -0.2) is 60.7 Å². The summed E-state index contributed by atoms with van der Waals surface area (Å²) in [4.78, 5) is 11.4. The monoisotopic (exact) mass is 419 g/mol. The van der Waals surface area contributed by atoms with Gasteiger partial charge in [0, 0.05) is 25.0 Å². The number of morpholine rings is 1. The highest BCUT2D eigenvalue weighted by Gasteiger charge is 2.42. The molecule has 1 N–H and O–H groups in total.